The van der Waals surface area contributed by atoms with Crippen molar-refractivity contribution in [1.29, 1.82) is 0 Å². The Balaban J connectivity index is 2.31. The van der Waals surface area contributed by atoms with Gasteiger partial charge in [0.2, 0.25) is 0 Å². The number of carboxylic acid groups (broad SMARTS) is 1. The maximum Gasteiger partial charge on any atom is 0.320 e. The molecule has 4 nitrogen and oxygen atoms in total. The molecule has 4 heteroatoms. The molecule has 0 aliphatic heterocycles. The van der Waals surface area contributed by atoms with Gasteiger partial charge in [-0.2, -0.15) is 0 Å². The summed E-state index contributed by atoms with van der Waals surface area (Å²) in [7, 11) is 1.21. The lowest BCUT2D eigenvalue weighted by molar-refractivity contribution is -0.157. The van der Waals surface area contributed by atoms with E-state index in [9.17, 15) is 9.59 Å². The molecule has 18 heavy (non-hydrogen) atoms. The van der Waals surface area contributed by atoms with Gasteiger partial charge in [0.1, 0.15) is 0 Å². The molecule has 98 valence electrons. The Hall–Kier alpha value is -1.84. The molecule has 0 bridgehead atoms. The summed E-state index contributed by atoms with van der Waals surface area (Å²) < 4.78 is 4.47. The van der Waals surface area contributed by atoms with Crippen molar-refractivity contribution >= 4 is 11.9 Å². The van der Waals surface area contributed by atoms with Crippen LogP contribution in [0.2, 0.25) is 0 Å². The van der Waals surface area contributed by atoms with Gasteiger partial charge in [-0.05, 0) is 24.8 Å². The molecule has 0 fully saturated rings. The van der Waals surface area contributed by atoms with Crippen molar-refractivity contribution in [2.24, 2.45) is 5.92 Å². The van der Waals surface area contributed by atoms with Gasteiger partial charge in [-0.25, -0.2) is 0 Å². The largest absolute Gasteiger partial charge is 0.481 e. The first-order chi connectivity index (χ1) is 8.65. The normalized spacial score (nSPS) is 11.8. The van der Waals surface area contributed by atoms with E-state index in [1.54, 1.807) is 0 Å². The van der Waals surface area contributed by atoms with Gasteiger partial charge in [0.05, 0.1) is 7.11 Å². The summed E-state index contributed by atoms with van der Waals surface area (Å²) in [6.07, 6.45) is 2.79. The number of carbonyl (C=O) groups excluding carboxylic acids is 1. The fourth-order valence-corrected chi connectivity index (χ4v) is 1.81. The first-order valence-corrected chi connectivity index (χ1v) is 5.99. The molecule has 0 heterocycles. The Morgan fingerprint density at radius 3 is 2.44 bits per heavy atom. The number of hydrogen-bond acceptors (Lipinski definition) is 3. The molecule has 1 N–H and O–H groups in total. The highest BCUT2D eigenvalue weighted by Crippen LogP contribution is 2.13. The molecule has 0 aliphatic rings. The SMILES string of the molecule is COC(=O)C(CCCCc1ccccc1)C(=O)O. The molecule has 1 aromatic rings. The number of aliphatic carboxylic acids is 1. The average molecular weight is 250 g/mol. The number of carboxylic acids is 1. The first kappa shape index (κ1) is 14.2. The molecule has 0 radical (unpaired) electrons. The maximum absolute atomic E-state index is 11.2. The summed E-state index contributed by atoms with van der Waals surface area (Å²) in [5, 5.41) is 8.89. The molecule has 1 rings (SSSR count). The lowest BCUT2D eigenvalue weighted by Crippen LogP contribution is -2.24. The van der Waals surface area contributed by atoms with Crippen LogP contribution in [0.5, 0.6) is 0 Å². The second-order valence-corrected chi connectivity index (χ2v) is 4.15. The topological polar surface area (TPSA) is 63.6 Å². The Kier molecular flexibility index (Phi) is 5.91. The van der Waals surface area contributed by atoms with Gasteiger partial charge in [0.15, 0.2) is 5.92 Å². The third-order valence-corrected chi connectivity index (χ3v) is 2.83. The fourth-order valence-electron chi connectivity index (χ4n) is 1.81. The summed E-state index contributed by atoms with van der Waals surface area (Å²) >= 11 is 0. The highest BCUT2D eigenvalue weighted by atomic mass is 16.5. The van der Waals surface area contributed by atoms with Gasteiger partial charge in [-0.1, -0.05) is 36.8 Å². The second-order valence-electron chi connectivity index (χ2n) is 4.15. The van der Waals surface area contributed by atoms with Gasteiger partial charge in [0, 0.05) is 0 Å². The molecule has 0 spiro atoms. The van der Waals surface area contributed by atoms with Crippen molar-refractivity contribution in [2.75, 3.05) is 7.11 Å². The Morgan fingerprint density at radius 1 is 1.22 bits per heavy atom. The van der Waals surface area contributed by atoms with Crippen molar-refractivity contribution < 1.29 is 19.4 Å². The van der Waals surface area contributed by atoms with Crippen LogP contribution in [0.4, 0.5) is 0 Å². The molecule has 1 unspecified atom stereocenters. The molecule has 0 aliphatic carbocycles. The van der Waals surface area contributed by atoms with Gasteiger partial charge >= 0.3 is 11.9 Å². The molecule has 0 aromatic heterocycles. The number of methoxy groups -OCH3 is 1. The molecule has 0 amide bonds. The van der Waals surface area contributed by atoms with E-state index in [4.69, 9.17) is 5.11 Å². The Labute approximate surface area is 107 Å². The standard InChI is InChI=1S/C14H18O4/c1-18-14(17)12(13(15)16)10-6-5-9-11-7-3-2-4-8-11/h2-4,7-8,12H,5-6,9-10H2,1H3,(H,15,16). The monoisotopic (exact) mass is 250 g/mol. The molecule has 0 saturated heterocycles. The van der Waals surface area contributed by atoms with E-state index in [0.717, 1.165) is 12.8 Å². The highest BCUT2D eigenvalue weighted by Gasteiger charge is 2.26. The van der Waals surface area contributed by atoms with Crippen molar-refractivity contribution in [3.8, 4) is 0 Å². The number of ether oxygens (including phenoxy) is 1. The van der Waals surface area contributed by atoms with Crippen LogP contribution in [0.1, 0.15) is 24.8 Å². The highest BCUT2D eigenvalue weighted by molar-refractivity contribution is 5.93. The number of rotatable bonds is 7. The maximum atomic E-state index is 11.2. The summed E-state index contributed by atoms with van der Waals surface area (Å²) in [6, 6.07) is 9.98. The van der Waals surface area contributed by atoms with E-state index < -0.39 is 17.9 Å². The van der Waals surface area contributed by atoms with Crippen LogP contribution in [-0.2, 0) is 20.7 Å². The Morgan fingerprint density at radius 2 is 1.89 bits per heavy atom. The summed E-state index contributed by atoms with van der Waals surface area (Å²) in [4.78, 5) is 22.1. The predicted octanol–water partition coefficient (Wildman–Crippen LogP) is 2.27. The second kappa shape index (κ2) is 7.48. The number of benzene rings is 1. The lowest BCUT2D eigenvalue weighted by atomic mass is 10.00. The van der Waals surface area contributed by atoms with Crippen LogP contribution < -0.4 is 0 Å². The van der Waals surface area contributed by atoms with Gasteiger partial charge in [0.25, 0.3) is 0 Å². The van der Waals surface area contributed by atoms with Crippen LogP contribution in [0.3, 0.4) is 0 Å². The third-order valence-electron chi connectivity index (χ3n) is 2.83. The van der Waals surface area contributed by atoms with Crippen molar-refractivity contribution in [2.45, 2.75) is 25.7 Å². The van der Waals surface area contributed by atoms with Crippen molar-refractivity contribution in [3.05, 3.63) is 35.9 Å². The fraction of sp³-hybridized carbons (Fsp3) is 0.429. The minimum atomic E-state index is -1.11. The summed E-state index contributed by atoms with van der Waals surface area (Å²) in [6.45, 7) is 0. The molecule has 0 saturated carbocycles. The summed E-state index contributed by atoms with van der Waals surface area (Å²) in [5.41, 5.74) is 1.22. The minimum absolute atomic E-state index is 0.328. The zero-order valence-electron chi connectivity index (χ0n) is 10.5. The van der Waals surface area contributed by atoms with Crippen LogP contribution in [0, 0.1) is 5.92 Å². The van der Waals surface area contributed by atoms with E-state index in [1.165, 1.54) is 12.7 Å². The zero-order chi connectivity index (χ0) is 13.4. The van der Waals surface area contributed by atoms with E-state index in [2.05, 4.69) is 4.74 Å². The first-order valence-electron chi connectivity index (χ1n) is 5.99. The number of esters is 1. The molecular formula is C14H18O4. The minimum Gasteiger partial charge on any atom is -0.481 e. The quantitative estimate of drug-likeness (QED) is 0.458. The van der Waals surface area contributed by atoms with E-state index in [1.807, 2.05) is 30.3 Å². The number of carbonyl (C=O) groups is 2. The van der Waals surface area contributed by atoms with Crippen LogP contribution >= 0.6 is 0 Å². The van der Waals surface area contributed by atoms with Gasteiger partial charge in [-0.15, -0.1) is 0 Å². The zero-order valence-corrected chi connectivity index (χ0v) is 10.5. The molecular weight excluding hydrogens is 232 g/mol. The average Bonchev–Trinajstić information content (AvgIpc) is 2.38. The molecule has 1 aromatic carbocycles. The predicted molar refractivity (Wildman–Crippen MR) is 67.1 cm³/mol. The van der Waals surface area contributed by atoms with Crippen LogP contribution in [0.15, 0.2) is 30.3 Å². The number of hydrogen-bond donors (Lipinski definition) is 1. The van der Waals surface area contributed by atoms with E-state index in [0.29, 0.717) is 12.8 Å². The number of aryl methyl sites for hydroxylation is 1. The molecule has 1 atom stereocenters. The van der Waals surface area contributed by atoms with Crippen LogP contribution in [0.25, 0.3) is 0 Å². The van der Waals surface area contributed by atoms with Crippen LogP contribution in [-0.4, -0.2) is 24.2 Å². The lowest BCUT2D eigenvalue weighted by Gasteiger charge is -2.09. The van der Waals surface area contributed by atoms with Crippen molar-refractivity contribution in [1.82, 2.24) is 0 Å². The van der Waals surface area contributed by atoms with E-state index in [-0.39, 0.29) is 0 Å². The Bertz CT molecular complexity index is 386. The number of unbranched alkanes of at least 4 members (excludes halogenated alkanes) is 1. The van der Waals surface area contributed by atoms with Crippen molar-refractivity contribution in [3.63, 3.8) is 0 Å². The van der Waals surface area contributed by atoms with Gasteiger partial charge < -0.3 is 9.84 Å². The smallest absolute Gasteiger partial charge is 0.320 e. The summed E-state index contributed by atoms with van der Waals surface area (Å²) in [5.74, 6) is -2.81. The van der Waals surface area contributed by atoms with E-state index >= 15 is 0 Å². The van der Waals surface area contributed by atoms with Gasteiger partial charge in [-0.3, -0.25) is 9.59 Å². The third kappa shape index (κ3) is 4.57.